The van der Waals surface area contributed by atoms with Gasteiger partial charge in [0, 0.05) is 32.6 Å². The van der Waals surface area contributed by atoms with Gasteiger partial charge < -0.3 is 20.3 Å². The number of aliphatic hydroxyl groups is 1. The quantitative estimate of drug-likeness (QED) is 0.363. The molecule has 24 heavy (non-hydrogen) atoms. The van der Waals surface area contributed by atoms with Crippen LogP contribution in [0.25, 0.3) is 0 Å². The van der Waals surface area contributed by atoms with E-state index in [1.54, 1.807) is 19.7 Å². The molecule has 1 heterocycles. The third kappa shape index (κ3) is 6.00. The number of guanidine groups is 1. The predicted octanol–water partition coefficient (Wildman–Crippen LogP) is 0.999. The standard InChI is InChI=1S/C17H26N6O/c1-18-17(19-9-5-6-10-23-13-21-22-14-23)20-11-16(12-24)15-7-3-2-4-8-15/h2-4,7-8,13-14,16,24H,5-6,9-12H2,1H3,(H2,18,19,20). The van der Waals surface area contributed by atoms with E-state index in [1.807, 2.05) is 34.9 Å². The summed E-state index contributed by atoms with van der Waals surface area (Å²) in [5, 5.41) is 23.7. The van der Waals surface area contributed by atoms with E-state index in [0.29, 0.717) is 6.54 Å². The van der Waals surface area contributed by atoms with Gasteiger partial charge in [0.15, 0.2) is 5.96 Å². The monoisotopic (exact) mass is 330 g/mol. The number of nitrogens with zero attached hydrogens (tertiary/aromatic N) is 4. The number of aliphatic imine (C=N–C) groups is 1. The van der Waals surface area contributed by atoms with E-state index < -0.39 is 0 Å². The SMILES string of the molecule is CN=C(NCCCCn1cnnc1)NCC(CO)c1ccccc1. The van der Waals surface area contributed by atoms with Crippen molar-refractivity contribution < 1.29 is 5.11 Å². The van der Waals surface area contributed by atoms with Gasteiger partial charge in [0.25, 0.3) is 0 Å². The molecule has 0 aliphatic rings. The highest BCUT2D eigenvalue weighted by atomic mass is 16.3. The fourth-order valence-corrected chi connectivity index (χ4v) is 2.42. The van der Waals surface area contributed by atoms with Gasteiger partial charge in [-0.2, -0.15) is 0 Å². The van der Waals surface area contributed by atoms with Crippen molar-refractivity contribution in [3.05, 3.63) is 48.5 Å². The smallest absolute Gasteiger partial charge is 0.190 e. The van der Waals surface area contributed by atoms with Crippen LogP contribution in [0.1, 0.15) is 24.3 Å². The minimum Gasteiger partial charge on any atom is -0.396 e. The molecule has 0 spiro atoms. The molecule has 1 unspecified atom stereocenters. The van der Waals surface area contributed by atoms with Crippen molar-refractivity contribution in [2.45, 2.75) is 25.3 Å². The lowest BCUT2D eigenvalue weighted by atomic mass is 10.0. The predicted molar refractivity (Wildman–Crippen MR) is 94.9 cm³/mol. The molecule has 0 radical (unpaired) electrons. The Balaban J connectivity index is 1.66. The molecular weight excluding hydrogens is 304 g/mol. The number of hydrogen-bond donors (Lipinski definition) is 3. The van der Waals surface area contributed by atoms with Gasteiger partial charge in [-0.15, -0.1) is 10.2 Å². The van der Waals surface area contributed by atoms with E-state index in [4.69, 9.17) is 0 Å². The molecule has 1 atom stereocenters. The van der Waals surface area contributed by atoms with Crippen LogP contribution in [0.5, 0.6) is 0 Å². The number of nitrogens with one attached hydrogen (secondary N) is 2. The summed E-state index contributed by atoms with van der Waals surface area (Å²) < 4.78 is 1.97. The molecule has 1 aromatic heterocycles. The zero-order chi connectivity index (χ0) is 17.0. The Bertz CT molecular complexity index is 584. The summed E-state index contributed by atoms with van der Waals surface area (Å²) in [6.45, 7) is 2.51. The van der Waals surface area contributed by atoms with Gasteiger partial charge in [0.05, 0.1) is 6.61 Å². The molecule has 130 valence electrons. The minimum atomic E-state index is 0.0542. The van der Waals surface area contributed by atoms with Crippen LogP contribution in [-0.4, -0.2) is 52.6 Å². The van der Waals surface area contributed by atoms with Crippen molar-refractivity contribution in [3.63, 3.8) is 0 Å². The van der Waals surface area contributed by atoms with Crippen LogP contribution < -0.4 is 10.6 Å². The minimum absolute atomic E-state index is 0.0542. The lowest BCUT2D eigenvalue weighted by Gasteiger charge is -2.18. The van der Waals surface area contributed by atoms with Gasteiger partial charge in [0.2, 0.25) is 0 Å². The average molecular weight is 330 g/mol. The molecule has 0 amide bonds. The first-order valence-corrected chi connectivity index (χ1v) is 8.26. The summed E-state index contributed by atoms with van der Waals surface area (Å²) in [6.07, 6.45) is 5.53. The number of unbranched alkanes of at least 4 members (excludes halogenated alkanes) is 1. The number of rotatable bonds is 9. The van der Waals surface area contributed by atoms with E-state index in [9.17, 15) is 5.11 Å². The molecule has 0 saturated carbocycles. The number of aliphatic hydroxyl groups excluding tert-OH is 1. The highest BCUT2D eigenvalue weighted by molar-refractivity contribution is 5.79. The Morgan fingerprint density at radius 3 is 2.58 bits per heavy atom. The molecule has 0 aliphatic heterocycles. The first-order chi connectivity index (χ1) is 11.8. The largest absolute Gasteiger partial charge is 0.396 e. The zero-order valence-electron chi connectivity index (χ0n) is 14.1. The van der Waals surface area contributed by atoms with Crippen LogP contribution in [-0.2, 0) is 6.54 Å². The maximum absolute atomic E-state index is 9.59. The number of benzene rings is 1. The van der Waals surface area contributed by atoms with Crippen molar-refractivity contribution in [1.82, 2.24) is 25.4 Å². The molecule has 0 bridgehead atoms. The van der Waals surface area contributed by atoms with Gasteiger partial charge in [-0.05, 0) is 18.4 Å². The third-order valence-electron chi connectivity index (χ3n) is 3.83. The van der Waals surface area contributed by atoms with Crippen LogP contribution >= 0.6 is 0 Å². The van der Waals surface area contributed by atoms with E-state index in [2.05, 4.69) is 25.8 Å². The van der Waals surface area contributed by atoms with E-state index in [0.717, 1.165) is 37.5 Å². The van der Waals surface area contributed by atoms with Crippen molar-refractivity contribution in [2.75, 3.05) is 26.7 Å². The van der Waals surface area contributed by atoms with Crippen molar-refractivity contribution in [3.8, 4) is 0 Å². The van der Waals surface area contributed by atoms with E-state index in [-0.39, 0.29) is 12.5 Å². The molecule has 7 heteroatoms. The summed E-state index contributed by atoms with van der Waals surface area (Å²) in [7, 11) is 1.75. The summed E-state index contributed by atoms with van der Waals surface area (Å²) in [4.78, 5) is 4.22. The Morgan fingerprint density at radius 1 is 1.17 bits per heavy atom. The number of hydrogen-bond acceptors (Lipinski definition) is 4. The third-order valence-corrected chi connectivity index (χ3v) is 3.83. The first-order valence-electron chi connectivity index (χ1n) is 8.26. The summed E-state index contributed by atoms with van der Waals surface area (Å²) >= 11 is 0. The highest BCUT2D eigenvalue weighted by Crippen LogP contribution is 2.13. The van der Waals surface area contributed by atoms with Gasteiger partial charge in [-0.25, -0.2) is 0 Å². The van der Waals surface area contributed by atoms with Crippen molar-refractivity contribution >= 4 is 5.96 Å². The second-order valence-electron chi connectivity index (χ2n) is 5.58. The summed E-state index contributed by atoms with van der Waals surface area (Å²) in [5.41, 5.74) is 1.12. The Hall–Kier alpha value is -2.41. The maximum Gasteiger partial charge on any atom is 0.190 e. The lowest BCUT2D eigenvalue weighted by Crippen LogP contribution is -2.40. The molecule has 1 aromatic carbocycles. The second-order valence-corrected chi connectivity index (χ2v) is 5.58. The molecule has 0 fully saturated rings. The zero-order valence-corrected chi connectivity index (χ0v) is 14.1. The van der Waals surface area contributed by atoms with E-state index in [1.165, 1.54) is 0 Å². The average Bonchev–Trinajstić information content (AvgIpc) is 3.14. The second kappa shape index (κ2) is 10.4. The number of aryl methyl sites for hydroxylation is 1. The Morgan fingerprint density at radius 2 is 1.92 bits per heavy atom. The number of aromatic nitrogens is 3. The van der Waals surface area contributed by atoms with Crippen LogP contribution in [0.2, 0.25) is 0 Å². The van der Waals surface area contributed by atoms with Crippen LogP contribution in [0.3, 0.4) is 0 Å². The van der Waals surface area contributed by atoms with Crippen molar-refractivity contribution in [2.24, 2.45) is 4.99 Å². The molecule has 0 saturated heterocycles. The molecule has 2 rings (SSSR count). The van der Waals surface area contributed by atoms with E-state index >= 15 is 0 Å². The van der Waals surface area contributed by atoms with Gasteiger partial charge in [-0.1, -0.05) is 30.3 Å². The fourth-order valence-electron chi connectivity index (χ4n) is 2.42. The molecule has 2 aromatic rings. The normalized spacial score (nSPS) is 12.8. The molecule has 0 aliphatic carbocycles. The topological polar surface area (TPSA) is 87.4 Å². The van der Waals surface area contributed by atoms with Gasteiger partial charge in [-0.3, -0.25) is 4.99 Å². The maximum atomic E-state index is 9.59. The highest BCUT2D eigenvalue weighted by Gasteiger charge is 2.10. The summed E-state index contributed by atoms with van der Waals surface area (Å²) in [5.74, 6) is 0.812. The molecule has 3 N–H and O–H groups in total. The van der Waals surface area contributed by atoms with Gasteiger partial charge >= 0.3 is 0 Å². The summed E-state index contributed by atoms with van der Waals surface area (Å²) in [6, 6.07) is 10.0. The van der Waals surface area contributed by atoms with Crippen LogP contribution in [0, 0.1) is 0 Å². The van der Waals surface area contributed by atoms with Crippen LogP contribution in [0.15, 0.2) is 48.0 Å². The lowest BCUT2D eigenvalue weighted by molar-refractivity contribution is 0.265. The van der Waals surface area contributed by atoms with Crippen LogP contribution in [0.4, 0.5) is 0 Å². The molecular formula is C17H26N6O. The Kier molecular flexibility index (Phi) is 7.76. The molecule has 7 nitrogen and oxygen atoms in total. The Labute approximate surface area is 142 Å². The first kappa shape index (κ1) is 17.9. The van der Waals surface area contributed by atoms with Gasteiger partial charge in [0.1, 0.15) is 12.7 Å². The van der Waals surface area contributed by atoms with Crippen molar-refractivity contribution in [1.29, 1.82) is 0 Å². The fraction of sp³-hybridized carbons (Fsp3) is 0.471.